The van der Waals surface area contributed by atoms with E-state index in [0.29, 0.717) is 6.42 Å². The average molecular weight is 506 g/mol. The summed E-state index contributed by atoms with van der Waals surface area (Å²) in [6, 6.07) is 2.11. The molecule has 198 valence electrons. The number of nitrogens with zero attached hydrogens (tertiary/aromatic N) is 1. The van der Waals surface area contributed by atoms with Crippen LogP contribution in [0.2, 0.25) is 0 Å². The van der Waals surface area contributed by atoms with Crippen molar-refractivity contribution in [1.82, 2.24) is 0 Å². The Hall–Kier alpha value is -2.26. The summed E-state index contributed by atoms with van der Waals surface area (Å²) in [5.74, 6) is -0.675. The molecule has 3 saturated carbocycles. The summed E-state index contributed by atoms with van der Waals surface area (Å²) in [5, 5.41) is 9.82. The Morgan fingerprint density at radius 1 is 1.03 bits per heavy atom. The van der Waals surface area contributed by atoms with Crippen LogP contribution < -0.4 is 0 Å². The Morgan fingerprint density at radius 2 is 1.70 bits per heavy atom. The second-order valence-electron chi connectivity index (χ2n) is 14.5. The van der Waals surface area contributed by atoms with E-state index < -0.39 is 22.0 Å². The molecule has 5 aliphatic carbocycles. The lowest BCUT2D eigenvalue weighted by Crippen LogP contribution is -2.66. The summed E-state index contributed by atoms with van der Waals surface area (Å²) >= 11 is 0. The number of ether oxygens (including phenoxy) is 2. The van der Waals surface area contributed by atoms with Gasteiger partial charge in [-0.1, -0.05) is 27.7 Å². The van der Waals surface area contributed by atoms with Crippen molar-refractivity contribution in [1.29, 1.82) is 5.26 Å². The van der Waals surface area contributed by atoms with Gasteiger partial charge in [-0.15, -0.1) is 0 Å². The van der Waals surface area contributed by atoms with Gasteiger partial charge in [0.1, 0.15) is 11.7 Å². The third-order valence-electron chi connectivity index (χ3n) is 12.7. The standard InChI is InChI=1S/C31H39NO5/c1-25(2)8-11-30(24(35)36-7)12-9-27(4)22(19(30)16-25)20(33)14-21-26(27,3)10-13-31-28(21,5)15-18(17-32)23(34)29(31,6)37-31/h14-15,19,22H,8-13,16H2,1-7H3/t19-,22-,26+,27+,28+,29-,30-,31-/m0/s1. The topological polar surface area (TPSA) is 96.8 Å². The van der Waals surface area contributed by atoms with E-state index in [9.17, 15) is 19.6 Å². The van der Waals surface area contributed by atoms with Crippen molar-refractivity contribution >= 4 is 17.5 Å². The fourth-order valence-corrected chi connectivity index (χ4v) is 10.2. The summed E-state index contributed by atoms with van der Waals surface area (Å²) in [5.41, 5.74) is -2.60. The third kappa shape index (κ3) is 2.54. The van der Waals surface area contributed by atoms with E-state index in [0.717, 1.165) is 44.1 Å². The minimum atomic E-state index is -1.02. The number of hydrogen-bond donors (Lipinski definition) is 0. The maximum Gasteiger partial charge on any atom is 0.312 e. The maximum absolute atomic E-state index is 14.4. The lowest BCUT2D eigenvalue weighted by Gasteiger charge is -2.67. The minimum Gasteiger partial charge on any atom is -0.469 e. The number of carbonyl (C=O) groups excluding carboxylic acids is 3. The molecule has 1 spiro atoms. The molecule has 6 heteroatoms. The van der Waals surface area contributed by atoms with Crippen LogP contribution >= 0.6 is 0 Å². The van der Waals surface area contributed by atoms with Crippen LogP contribution in [0, 0.1) is 50.2 Å². The Balaban J connectivity index is 1.54. The van der Waals surface area contributed by atoms with Crippen LogP contribution in [0.25, 0.3) is 0 Å². The molecule has 1 aliphatic heterocycles. The van der Waals surface area contributed by atoms with Crippen LogP contribution in [0.3, 0.4) is 0 Å². The van der Waals surface area contributed by atoms with Gasteiger partial charge in [-0.05, 0) is 98.7 Å². The first-order valence-electron chi connectivity index (χ1n) is 13.8. The molecule has 0 bridgehead atoms. The summed E-state index contributed by atoms with van der Waals surface area (Å²) in [6.45, 7) is 12.9. The second-order valence-corrected chi connectivity index (χ2v) is 14.5. The Morgan fingerprint density at radius 3 is 2.35 bits per heavy atom. The van der Waals surface area contributed by atoms with E-state index in [-0.39, 0.29) is 51.2 Å². The van der Waals surface area contributed by atoms with E-state index in [1.54, 1.807) is 6.08 Å². The Labute approximate surface area is 219 Å². The predicted molar refractivity (Wildman–Crippen MR) is 136 cm³/mol. The van der Waals surface area contributed by atoms with Gasteiger partial charge < -0.3 is 9.47 Å². The van der Waals surface area contributed by atoms with E-state index in [2.05, 4.69) is 40.7 Å². The van der Waals surface area contributed by atoms with Crippen molar-refractivity contribution in [3.8, 4) is 6.07 Å². The van der Waals surface area contributed by atoms with Crippen LogP contribution in [0.4, 0.5) is 0 Å². The number of nitriles is 1. The largest absolute Gasteiger partial charge is 0.469 e. The van der Waals surface area contributed by atoms with Gasteiger partial charge in [0, 0.05) is 11.3 Å². The Bertz CT molecular complexity index is 1270. The molecule has 37 heavy (non-hydrogen) atoms. The molecule has 4 fully saturated rings. The molecule has 6 aliphatic rings. The van der Waals surface area contributed by atoms with Gasteiger partial charge >= 0.3 is 5.97 Å². The highest BCUT2D eigenvalue weighted by atomic mass is 16.6. The van der Waals surface area contributed by atoms with Crippen LogP contribution in [-0.4, -0.2) is 35.8 Å². The zero-order valence-electron chi connectivity index (χ0n) is 23.2. The number of methoxy groups -OCH3 is 1. The van der Waals surface area contributed by atoms with Gasteiger partial charge in [0.2, 0.25) is 5.78 Å². The molecular formula is C31H39NO5. The van der Waals surface area contributed by atoms with E-state index >= 15 is 0 Å². The van der Waals surface area contributed by atoms with Crippen LogP contribution in [0.1, 0.15) is 86.5 Å². The number of allylic oxidation sites excluding steroid dienone is 1. The van der Waals surface area contributed by atoms with Crippen LogP contribution in [0.15, 0.2) is 23.3 Å². The molecule has 0 aromatic heterocycles. The van der Waals surface area contributed by atoms with Crippen molar-refractivity contribution in [2.45, 2.75) is 97.7 Å². The van der Waals surface area contributed by atoms with E-state index in [1.807, 2.05) is 13.0 Å². The van der Waals surface area contributed by atoms with Gasteiger partial charge in [0.05, 0.1) is 18.1 Å². The number of epoxide rings is 1. The predicted octanol–water partition coefficient (Wildman–Crippen LogP) is 5.26. The summed E-state index contributed by atoms with van der Waals surface area (Å²) in [6.07, 6.45) is 9.15. The van der Waals surface area contributed by atoms with Gasteiger partial charge in [-0.25, -0.2) is 0 Å². The second kappa shape index (κ2) is 6.84. The molecule has 0 radical (unpaired) electrons. The monoisotopic (exact) mass is 505 g/mol. The number of esters is 1. The first-order valence-corrected chi connectivity index (χ1v) is 13.8. The number of hydrogen-bond acceptors (Lipinski definition) is 6. The minimum absolute atomic E-state index is 0.0477. The van der Waals surface area contributed by atoms with E-state index in [1.165, 1.54) is 7.11 Å². The SMILES string of the molecule is COC(=O)[C@]12CCC(C)(C)C[C@H]1[C@H]1C(=O)C=C3[C@@]4(C)C=C(C#N)C(=O)[C@]5(C)O[C@]54CC[C@@]3(C)[C@]1(C)CC2. The van der Waals surface area contributed by atoms with Gasteiger partial charge in [-0.2, -0.15) is 5.26 Å². The molecule has 0 amide bonds. The van der Waals surface area contributed by atoms with Crippen molar-refractivity contribution in [2.75, 3.05) is 7.11 Å². The molecular weight excluding hydrogens is 466 g/mol. The molecule has 0 N–H and O–H groups in total. The first kappa shape index (κ1) is 25.0. The summed E-state index contributed by atoms with van der Waals surface area (Å²) in [4.78, 5) is 40.8. The molecule has 1 heterocycles. The molecule has 6 nitrogen and oxygen atoms in total. The van der Waals surface area contributed by atoms with Crippen molar-refractivity contribution in [2.24, 2.45) is 38.9 Å². The molecule has 0 aromatic rings. The molecule has 0 unspecified atom stereocenters. The van der Waals surface area contributed by atoms with Crippen LogP contribution in [0.5, 0.6) is 0 Å². The highest BCUT2D eigenvalue weighted by Crippen LogP contribution is 2.78. The fraction of sp³-hybridized carbons (Fsp3) is 0.742. The number of ketones is 2. The summed E-state index contributed by atoms with van der Waals surface area (Å²) < 4.78 is 11.7. The molecule has 0 aromatic carbocycles. The molecule has 6 rings (SSSR count). The maximum atomic E-state index is 14.4. The first-order chi connectivity index (χ1) is 17.1. The van der Waals surface area contributed by atoms with Crippen molar-refractivity contribution in [3.05, 3.63) is 23.3 Å². The zero-order valence-corrected chi connectivity index (χ0v) is 23.2. The number of carbonyl (C=O) groups is 3. The van der Waals surface area contributed by atoms with Crippen LogP contribution in [-0.2, 0) is 23.9 Å². The normalized spacial score (nSPS) is 51.1. The number of rotatable bonds is 1. The van der Waals surface area contributed by atoms with E-state index in [4.69, 9.17) is 9.47 Å². The van der Waals surface area contributed by atoms with Gasteiger partial charge in [-0.3, -0.25) is 14.4 Å². The molecule has 8 atom stereocenters. The smallest absolute Gasteiger partial charge is 0.312 e. The highest BCUT2D eigenvalue weighted by molar-refractivity contribution is 6.10. The lowest BCUT2D eigenvalue weighted by atomic mass is 9.34. The number of fused-ring (bicyclic) bond motifs is 6. The molecule has 1 saturated heterocycles. The number of Topliss-reactive ketones (excluding diaryl/α,β-unsaturated/α-hetero) is 1. The zero-order chi connectivity index (χ0) is 27.0. The third-order valence-corrected chi connectivity index (χ3v) is 12.7. The fourth-order valence-electron chi connectivity index (χ4n) is 10.2. The quantitative estimate of drug-likeness (QED) is 0.356. The Kier molecular flexibility index (Phi) is 4.63. The van der Waals surface area contributed by atoms with Crippen molar-refractivity contribution < 1.29 is 23.9 Å². The average Bonchev–Trinajstić information content (AvgIpc) is 3.49. The highest BCUT2D eigenvalue weighted by Gasteiger charge is 2.84. The van der Waals surface area contributed by atoms with Crippen molar-refractivity contribution in [3.63, 3.8) is 0 Å². The summed E-state index contributed by atoms with van der Waals surface area (Å²) in [7, 11) is 1.47. The van der Waals surface area contributed by atoms with Gasteiger partial charge in [0.25, 0.3) is 0 Å². The van der Waals surface area contributed by atoms with Gasteiger partial charge in [0.15, 0.2) is 11.4 Å². The lowest BCUT2D eigenvalue weighted by molar-refractivity contribution is -0.190.